The number of ether oxygens (including phenoxy) is 1. The Balaban J connectivity index is 2.32. The first-order valence-corrected chi connectivity index (χ1v) is 5.90. The van der Waals surface area contributed by atoms with Gasteiger partial charge in [-0.05, 0) is 24.3 Å². The number of nitrogens with two attached hydrogens (primary N) is 1. The summed E-state index contributed by atoms with van der Waals surface area (Å²) in [6, 6.07) is 13.7. The van der Waals surface area contributed by atoms with Gasteiger partial charge in [0, 0.05) is 0 Å². The maximum absolute atomic E-state index is 12.2. The molecule has 2 aromatic carbocycles. The summed E-state index contributed by atoms with van der Waals surface area (Å²) in [7, 11) is 1.48. The number of nitriles is 1. The van der Waals surface area contributed by atoms with Crippen LogP contribution in [0.5, 0.6) is 5.75 Å². The predicted octanol–water partition coefficient (Wildman–Crippen LogP) is 2.40. The maximum Gasteiger partial charge on any atom is 0.257 e. The molecule has 2 rings (SSSR count). The fraction of sp³-hybridized carbons (Fsp3) is 0.0667. The summed E-state index contributed by atoms with van der Waals surface area (Å²) in [6.07, 6.45) is 0. The molecule has 0 bridgehead atoms. The van der Waals surface area contributed by atoms with Gasteiger partial charge in [-0.2, -0.15) is 5.26 Å². The zero-order valence-corrected chi connectivity index (χ0v) is 10.9. The standard InChI is InChI=1S/C15H13N3O2/c1-20-13-8-4-6-11(14(13)17)15(19)18-12-7-3-2-5-10(12)9-16/h2-8H,17H2,1H3,(H,18,19). The minimum Gasteiger partial charge on any atom is -0.495 e. The molecule has 0 aliphatic heterocycles. The number of methoxy groups -OCH3 is 1. The normalized spacial score (nSPS) is 9.60. The second-order valence-electron chi connectivity index (χ2n) is 4.03. The molecule has 0 fully saturated rings. The van der Waals surface area contributed by atoms with Crippen LogP contribution in [0.3, 0.4) is 0 Å². The fourth-order valence-electron chi connectivity index (χ4n) is 1.80. The molecule has 0 aliphatic rings. The highest BCUT2D eigenvalue weighted by molar-refractivity contribution is 6.09. The lowest BCUT2D eigenvalue weighted by Crippen LogP contribution is -2.15. The molecule has 0 atom stereocenters. The summed E-state index contributed by atoms with van der Waals surface area (Å²) in [5.41, 5.74) is 7.27. The monoisotopic (exact) mass is 267 g/mol. The Labute approximate surface area is 116 Å². The highest BCUT2D eigenvalue weighted by atomic mass is 16.5. The molecular weight excluding hydrogens is 254 g/mol. The van der Waals surface area contributed by atoms with Crippen molar-refractivity contribution < 1.29 is 9.53 Å². The van der Waals surface area contributed by atoms with Gasteiger partial charge in [0.2, 0.25) is 0 Å². The lowest BCUT2D eigenvalue weighted by Gasteiger charge is -2.11. The van der Waals surface area contributed by atoms with Gasteiger partial charge in [0.15, 0.2) is 0 Å². The van der Waals surface area contributed by atoms with Gasteiger partial charge in [0.05, 0.1) is 29.6 Å². The lowest BCUT2D eigenvalue weighted by atomic mass is 10.1. The summed E-state index contributed by atoms with van der Waals surface area (Å²) in [4.78, 5) is 12.2. The van der Waals surface area contributed by atoms with Crippen molar-refractivity contribution in [2.75, 3.05) is 18.2 Å². The second-order valence-corrected chi connectivity index (χ2v) is 4.03. The molecule has 100 valence electrons. The molecule has 3 N–H and O–H groups in total. The van der Waals surface area contributed by atoms with Crippen LogP contribution in [0.15, 0.2) is 42.5 Å². The van der Waals surface area contributed by atoms with E-state index in [9.17, 15) is 4.79 Å². The van der Waals surface area contributed by atoms with E-state index in [1.165, 1.54) is 7.11 Å². The average molecular weight is 267 g/mol. The van der Waals surface area contributed by atoms with E-state index in [1.54, 1.807) is 42.5 Å². The molecule has 0 aliphatic carbocycles. The van der Waals surface area contributed by atoms with Gasteiger partial charge in [0.25, 0.3) is 5.91 Å². The first-order valence-electron chi connectivity index (χ1n) is 5.90. The minimum absolute atomic E-state index is 0.266. The number of amides is 1. The van der Waals surface area contributed by atoms with Crippen molar-refractivity contribution in [2.45, 2.75) is 0 Å². The number of para-hydroxylation sites is 2. The third kappa shape index (κ3) is 2.54. The van der Waals surface area contributed by atoms with Gasteiger partial charge >= 0.3 is 0 Å². The average Bonchev–Trinajstić information content (AvgIpc) is 2.48. The summed E-state index contributed by atoms with van der Waals surface area (Å²) in [5, 5.41) is 11.7. The van der Waals surface area contributed by atoms with Crippen molar-refractivity contribution in [3.63, 3.8) is 0 Å². The number of nitrogen functional groups attached to an aromatic ring is 1. The number of carbonyl (C=O) groups is 1. The van der Waals surface area contributed by atoms with Crippen LogP contribution in [-0.4, -0.2) is 13.0 Å². The number of hydrogen-bond donors (Lipinski definition) is 2. The quantitative estimate of drug-likeness (QED) is 0.836. The lowest BCUT2D eigenvalue weighted by molar-refractivity contribution is 0.102. The van der Waals surface area contributed by atoms with Gasteiger partial charge in [0.1, 0.15) is 11.8 Å². The Kier molecular flexibility index (Phi) is 3.87. The van der Waals surface area contributed by atoms with E-state index in [4.69, 9.17) is 15.7 Å². The number of nitrogens with one attached hydrogen (secondary N) is 1. The number of benzene rings is 2. The number of nitrogens with zero attached hydrogens (tertiary/aromatic N) is 1. The number of anilines is 2. The summed E-state index contributed by atoms with van der Waals surface area (Å²) >= 11 is 0. The molecule has 0 aromatic heterocycles. The van der Waals surface area contributed by atoms with Crippen LogP contribution < -0.4 is 15.8 Å². The zero-order valence-electron chi connectivity index (χ0n) is 10.9. The van der Waals surface area contributed by atoms with Crippen molar-refractivity contribution in [1.82, 2.24) is 0 Å². The van der Waals surface area contributed by atoms with Gasteiger partial charge in [-0.25, -0.2) is 0 Å². The molecule has 0 saturated carbocycles. The zero-order chi connectivity index (χ0) is 14.5. The predicted molar refractivity (Wildman–Crippen MR) is 76.5 cm³/mol. The molecular formula is C15H13N3O2. The van der Waals surface area contributed by atoms with Gasteiger partial charge in [-0.1, -0.05) is 18.2 Å². The Morgan fingerprint density at radius 1 is 1.25 bits per heavy atom. The Bertz CT molecular complexity index is 690. The molecule has 5 nitrogen and oxygen atoms in total. The van der Waals surface area contributed by atoms with Crippen LogP contribution in [0.25, 0.3) is 0 Å². The van der Waals surface area contributed by atoms with E-state index in [-0.39, 0.29) is 11.6 Å². The van der Waals surface area contributed by atoms with Crippen molar-refractivity contribution in [3.8, 4) is 11.8 Å². The maximum atomic E-state index is 12.2. The van der Waals surface area contributed by atoms with E-state index in [0.717, 1.165) is 0 Å². The van der Waals surface area contributed by atoms with Crippen LogP contribution in [0.4, 0.5) is 11.4 Å². The van der Waals surface area contributed by atoms with E-state index in [2.05, 4.69) is 5.32 Å². The molecule has 1 amide bonds. The van der Waals surface area contributed by atoms with Crippen LogP contribution >= 0.6 is 0 Å². The van der Waals surface area contributed by atoms with Crippen LogP contribution in [0.1, 0.15) is 15.9 Å². The summed E-state index contributed by atoms with van der Waals surface area (Å²) in [6.45, 7) is 0. The molecule has 0 radical (unpaired) electrons. The van der Waals surface area contributed by atoms with Crippen molar-refractivity contribution in [3.05, 3.63) is 53.6 Å². The largest absolute Gasteiger partial charge is 0.495 e. The van der Waals surface area contributed by atoms with Gasteiger partial charge in [-0.15, -0.1) is 0 Å². The smallest absolute Gasteiger partial charge is 0.257 e. The van der Waals surface area contributed by atoms with E-state index < -0.39 is 0 Å². The Morgan fingerprint density at radius 2 is 2.00 bits per heavy atom. The van der Waals surface area contributed by atoms with E-state index in [0.29, 0.717) is 22.6 Å². The molecule has 5 heteroatoms. The van der Waals surface area contributed by atoms with E-state index in [1.807, 2.05) is 6.07 Å². The number of rotatable bonds is 3. The minimum atomic E-state index is -0.385. The van der Waals surface area contributed by atoms with E-state index >= 15 is 0 Å². The molecule has 2 aromatic rings. The summed E-state index contributed by atoms with van der Waals surface area (Å²) in [5.74, 6) is 0.0512. The molecule has 0 heterocycles. The molecule has 0 spiro atoms. The molecule has 0 unspecified atom stereocenters. The highest BCUT2D eigenvalue weighted by Gasteiger charge is 2.14. The third-order valence-electron chi connectivity index (χ3n) is 2.83. The fourth-order valence-corrected chi connectivity index (χ4v) is 1.80. The van der Waals surface area contributed by atoms with Crippen molar-refractivity contribution >= 4 is 17.3 Å². The molecule has 20 heavy (non-hydrogen) atoms. The SMILES string of the molecule is COc1cccc(C(=O)Nc2ccccc2C#N)c1N. The molecule has 0 saturated heterocycles. The van der Waals surface area contributed by atoms with Crippen LogP contribution in [0.2, 0.25) is 0 Å². The Hall–Kier alpha value is -3.00. The number of carbonyl (C=O) groups excluding carboxylic acids is 1. The third-order valence-corrected chi connectivity index (χ3v) is 2.83. The van der Waals surface area contributed by atoms with Crippen LogP contribution in [-0.2, 0) is 0 Å². The van der Waals surface area contributed by atoms with Crippen molar-refractivity contribution in [1.29, 1.82) is 5.26 Å². The Morgan fingerprint density at radius 3 is 2.70 bits per heavy atom. The highest BCUT2D eigenvalue weighted by Crippen LogP contribution is 2.25. The van der Waals surface area contributed by atoms with Gasteiger partial charge < -0.3 is 15.8 Å². The second kappa shape index (κ2) is 5.76. The number of hydrogen-bond acceptors (Lipinski definition) is 4. The van der Waals surface area contributed by atoms with Crippen molar-refractivity contribution in [2.24, 2.45) is 0 Å². The topological polar surface area (TPSA) is 88.1 Å². The van der Waals surface area contributed by atoms with Crippen LogP contribution in [0, 0.1) is 11.3 Å². The summed E-state index contributed by atoms with van der Waals surface area (Å²) < 4.78 is 5.07. The first-order chi connectivity index (χ1) is 9.67. The van der Waals surface area contributed by atoms with Gasteiger partial charge in [-0.3, -0.25) is 4.79 Å². The first kappa shape index (κ1) is 13.4.